The molecule has 122 valence electrons. The van der Waals surface area contributed by atoms with Crippen LogP contribution in [0.25, 0.3) is 0 Å². The number of carboxylic acid groups (broad SMARTS) is 1. The zero-order valence-electron chi connectivity index (χ0n) is 13.1. The van der Waals surface area contributed by atoms with Crippen molar-refractivity contribution in [3.63, 3.8) is 0 Å². The predicted octanol–water partition coefficient (Wildman–Crippen LogP) is 3.11. The van der Waals surface area contributed by atoms with Gasteiger partial charge < -0.3 is 19.9 Å². The van der Waals surface area contributed by atoms with Crippen molar-refractivity contribution in [3.05, 3.63) is 35.4 Å². The number of carbonyl (C=O) groups is 1. The molecular formula is C16H22ClNO4. The Hall–Kier alpha value is -1.72. The fraction of sp³-hybridized carbons (Fsp3) is 0.438. The molecule has 1 rings (SSSR count). The first-order valence-electron chi connectivity index (χ1n) is 6.97. The highest BCUT2D eigenvalue weighted by atomic mass is 35.5. The molecule has 0 radical (unpaired) electrons. The number of rotatable bonds is 9. The topological polar surface area (TPSA) is 67.8 Å². The molecule has 0 bridgehead atoms. The van der Waals surface area contributed by atoms with E-state index >= 15 is 0 Å². The molecule has 1 aromatic carbocycles. The van der Waals surface area contributed by atoms with Gasteiger partial charge >= 0.3 is 5.97 Å². The summed E-state index contributed by atoms with van der Waals surface area (Å²) in [5, 5.41) is 12.6. The Kier molecular flexibility index (Phi) is 7.21. The molecule has 0 spiro atoms. The highest BCUT2D eigenvalue weighted by Crippen LogP contribution is 2.36. The van der Waals surface area contributed by atoms with Gasteiger partial charge in [-0.1, -0.05) is 38.1 Å². The van der Waals surface area contributed by atoms with Crippen LogP contribution in [0.3, 0.4) is 0 Å². The Labute approximate surface area is 135 Å². The average Bonchev–Trinajstić information content (AvgIpc) is 2.45. The molecule has 0 amide bonds. The van der Waals surface area contributed by atoms with Crippen molar-refractivity contribution in [2.75, 3.05) is 13.7 Å². The second kappa shape index (κ2) is 8.66. The molecule has 0 aliphatic heterocycles. The van der Waals surface area contributed by atoms with Gasteiger partial charge in [0.25, 0.3) is 0 Å². The summed E-state index contributed by atoms with van der Waals surface area (Å²) >= 11 is 6.21. The number of benzene rings is 1. The summed E-state index contributed by atoms with van der Waals surface area (Å²) in [7, 11) is 1.53. The molecule has 0 heterocycles. The van der Waals surface area contributed by atoms with Crippen LogP contribution in [0.15, 0.2) is 24.8 Å². The van der Waals surface area contributed by atoms with Gasteiger partial charge in [-0.2, -0.15) is 0 Å². The van der Waals surface area contributed by atoms with E-state index in [-0.39, 0.29) is 5.92 Å². The van der Waals surface area contributed by atoms with Crippen LogP contribution in [0.1, 0.15) is 19.4 Å². The van der Waals surface area contributed by atoms with Crippen LogP contribution in [0.5, 0.6) is 11.5 Å². The number of carboxylic acids is 1. The highest BCUT2D eigenvalue weighted by molar-refractivity contribution is 6.32. The zero-order valence-corrected chi connectivity index (χ0v) is 13.8. The smallest absolute Gasteiger partial charge is 0.320 e. The van der Waals surface area contributed by atoms with Crippen molar-refractivity contribution in [2.45, 2.75) is 26.4 Å². The van der Waals surface area contributed by atoms with E-state index in [1.807, 2.05) is 13.8 Å². The minimum atomic E-state index is -0.876. The second-order valence-electron chi connectivity index (χ2n) is 5.15. The normalized spacial score (nSPS) is 12.0. The van der Waals surface area contributed by atoms with Gasteiger partial charge in [-0.25, -0.2) is 0 Å². The second-order valence-corrected chi connectivity index (χ2v) is 5.56. The molecule has 6 heteroatoms. The number of aliphatic carboxylic acids is 1. The first-order chi connectivity index (χ1) is 10.4. The standard InChI is InChI=1S/C16H22ClNO4/c1-5-6-22-15-12(17)7-11(8-13(15)21-4)9-18-14(10(2)3)16(19)20/h5,7-8,10,14,18H,1,6,9H2,2-4H3,(H,19,20). The van der Waals surface area contributed by atoms with E-state index in [0.29, 0.717) is 29.7 Å². The number of ether oxygens (including phenoxy) is 2. The molecule has 0 fully saturated rings. The molecule has 1 aromatic rings. The number of hydrogen-bond donors (Lipinski definition) is 2. The van der Waals surface area contributed by atoms with Gasteiger partial charge in [0.05, 0.1) is 12.1 Å². The molecule has 22 heavy (non-hydrogen) atoms. The zero-order chi connectivity index (χ0) is 16.7. The van der Waals surface area contributed by atoms with E-state index in [4.69, 9.17) is 21.1 Å². The van der Waals surface area contributed by atoms with E-state index in [1.165, 1.54) is 7.11 Å². The van der Waals surface area contributed by atoms with Gasteiger partial charge in [0.1, 0.15) is 12.6 Å². The predicted molar refractivity (Wildman–Crippen MR) is 86.8 cm³/mol. The highest BCUT2D eigenvalue weighted by Gasteiger charge is 2.21. The van der Waals surface area contributed by atoms with Crippen molar-refractivity contribution in [3.8, 4) is 11.5 Å². The third kappa shape index (κ3) is 4.93. The lowest BCUT2D eigenvalue weighted by Gasteiger charge is -2.19. The van der Waals surface area contributed by atoms with E-state index < -0.39 is 12.0 Å². The summed E-state index contributed by atoms with van der Waals surface area (Å²) in [6.07, 6.45) is 1.62. The van der Waals surface area contributed by atoms with Crippen molar-refractivity contribution >= 4 is 17.6 Å². The Morgan fingerprint density at radius 2 is 2.18 bits per heavy atom. The van der Waals surface area contributed by atoms with E-state index in [2.05, 4.69) is 11.9 Å². The number of hydrogen-bond acceptors (Lipinski definition) is 4. The third-order valence-corrected chi connectivity index (χ3v) is 3.37. The SMILES string of the molecule is C=CCOc1c(Cl)cc(CNC(C(=O)O)C(C)C)cc1OC. The summed E-state index contributed by atoms with van der Waals surface area (Å²) in [4.78, 5) is 11.2. The molecule has 2 N–H and O–H groups in total. The van der Waals surface area contributed by atoms with Crippen LogP contribution < -0.4 is 14.8 Å². The summed E-state index contributed by atoms with van der Waals surface area (Å²) in [6.45, 7) is 7.98. The summed E-state index contributed by atoms with van der Waals surface area (Å²) < 4.78 is 10.8. The van der Waals surface area contributed by atoms with Crippen molar-refractivity contribution in [2.24, 2.45) is 5.92 Å². The first-order valence-corrected chi connectivity index (χ1v) is 7.34. The van der Waals surface area contributed by atoms with E-state index in [1.54, 1.807) is 18.2 Å². The molecular weight excluding hydrogens is 306 g/mol. The maximum absolute atomic E-state index is 11.2. The minimum absolute atomic E-state index is 0.0231. The molecule has 1 unspecified atom stereocenters. The van der Waals surface area contributed by atoms with Gasteiger partial charge in [0.15, 0.2) is 11.5 Å². The van der Waals surface area contributed by atoms with Crippen LogP contribution in [-0.2, 0) is 11.3 Å². The maximum Gasteiger partial charge on any atom is 0.320 e. The van der Waals surface area contributed by atoms with Gasteiger partial charge in [-0.3, -0.25) is 4.79 Å². The molecule has 0 aliphatic rings. The quantitative estimate of drug-likeness (QED) is 0.682. The van der Waals surface area contributed by atoms with Gasteiger partial charge in [0.2, 0.25) is 0 Å². The summed E-state index contributed by atoms with van der Waals surface area (Å²) in [5.41, 5.74) is 0.819. The fourth-order valence-corrected chi connectivity index (χ4v) is 2.28. The Morgan fingerprint density at radius 3 is 2.68 bits per heavy atom. The van der Waals surface area contributed by atoms with Gasteiger partial charge in [-0.15, -0.1) is 0 Å². The molecule has 1 atom stereocenters. The van der Waals surface area contributed by atoms with Gasteiger partial charge in [-0.05, 0) is 23.6 Å². The lowest BCUT2D eigenvalue weighted by molar-refractivity contribution is -0.140. The van der Waals surface area contributed by atoms with Crippen molar-refractivity contribution < 1.29 is 19.4 Å². The number of methoxy groups -OCH3 is 1. The van der Waals surface area contributed by atoms with Crippen LogP contribution >= 0.6 is 11.6 Å². The monoisotopic (exact) mass is 327 g/mol. The van der Waals surface area contributed by atoms with Crippen LogP contribution in [0.2, 0.25) is 5.02 Å². The lowest BCUT2D eigenvalue weighted by atomic mass is 10.0. The van der Waals surface area contributed by atoms with E-state index in [9.17, 15) is 9.90 Å². The number of nitrogens with one attached hydrogen (secondary N) is 1. The Balaban J connectivity index is 2.90. The van der Waals surface area contributed by atoms with Crippen molar-refractivity contribution in [1.29, 1.82) is 0 Å². The van der Waals surface area contributed by atoms with Gasteiger partial charge in [0, 0.05) is 6.54 Å². The fourth-order valence-electron chi connectivity index (χ4n) is 1.99. The molecule has 0 saturated carbocycles. The number of halogens is 1. The third-order valence-electron chi connectivity index (χ3n) is 3.09. The molecule has 0 aliphatic carbocycles. The van der Waals surface area contributed by atoms with Crippen LogP contribution in [0, 0.1) is 5.92 Å². The summed E-state index contributed by atoms with van der Waals surface area (Å²) in [5.74, 6) is 0.0538. The minimum Gasteiger partial charge on any atom is -0.493 e. The summed E-state index contributed by atoms with van der Waals surface area (Å²) in [6, 6.07) is 2.88. The Morgan fingerprint density at radius 1 is 1.50 bits per heavy atom. The van der Waals surface area contributed by atoms with Crippen LogP contribution in [-0.4, -0.2) is 30.8 Å². The molecule has 0 aromatic heterocycles. The average molecular weight is 328 g/mol. The molecule has 0 saturated heterocycles. The first kappa shape index (κ1) is 18.3. The largest absolute Gasteiger partial charge is 0.493 e. The molecule has 5 nitrogen and oxygen atoms in total. The van der Waals surface area contributed by atoms with Crippen LogP contribution in [0.4, 0.5) is 0 Å². The Bertz CT molecular complexity index is 531. The maximum atomic E-state index is 11.2. The van der Waals surface area contributed by atoms with Crippen molar-refractivity contribution in [1.82, 2.24) is 5.32 Å². The lowest BCUT2D eigenvalue weighted by Crippen LogP contribution is -2.40. The van der Waals surface area contributed by atoms with E-state index in [0.717, 1.165) is 5.56 Å².